The number of carbonyl (C=O) groups excluding carboxylic acids is 2. The molecule has 6 nitrogen and oxygen atoms in total. The first kappa shape index (κ1) is 34.9. The molecule has 0 spiro atoms. The van der Waals surface area contributed by atoms with Gasteiger partial charge in [-0.2, -0.15) is 0 Å². The van der Waals surface area contributed by atoms with E-state index in [9.17, 15) is 9.59 Å². The molecule has 0 aliphatic rings. The van der Waals surface area contributed by atoms with E-state index in [1.54, 1.807) is 6.07 Å². The van der Waals surface area contributed by atoms with E-state index >= 15 is 0 Å². The van der Waals surface area contributed by atoms with Gasteiger partial charge in [0, 0.05) is 19.5 Å². The molecule has 0 radical (unpaired) electrons. The van der Waals surface area contributed by atoms with Gasteiger partial charge in [-0.15, -0.1) is 0 Å². The number of hydrogen-bond acceptors (Lipinski definition) is 4. The molecule has 0 aromatic heterocycles. The highest BCUT2D eigenvalue weighted by molar-refractivity contribution is 5.76. The van der Waals surface area contributed by atoms with Crippen molar-refractivity contribution in [3.8, 4) is 5.75 Å². The van der Waals surface area contributed by atoms with Crippen molar-refractivity contribution in [3.05, 3.63) is 29.8 Å². The zero-order valence-corrected chi connectivity index (χ0v) is 25.5. The number of nitrogens with zero attached hydrogens (tertiary/aromatic N) is 1. The second-order valence-corrected chi connectivity index (χ2v) is 11.2. The van der Waals surface area contributed by atoms with Crippen molar-refractivity contribution in [2.75, 3.05) is 33.7 Å². The smallest absolute Gasteiger partial charge is 0.410 e. The normalized spacial score (nSPS) is 11.1. The quantitative estimate of drug-likeness (QED) is 0.122. The van der Waals surface area contributed by atoms with Gasteiger partial charge in [0.25, 0.3) is 0 Å². The van der Waals surface area contributed by atoms with E-state index < -0.39 is 6.09 Å². The van der Waals surface area contributed by atoms with E-state index in [0.29, 0.717) is 25.1 Å². The summed E-state index contributed by atoms with van der Waals surface area (Å²) >= 11 is 0. The molecule has 0 saturated heterocycles. The SMILES string of the molecule is CCCCCCCCCCCCCCCCCCNC(=O)CCc1ccccc1OC(=O)NCCCN(C)C. The van der Waals surface area contributed by atoms with Crippen molar-refractivity contribution in [2.45, 2.75) is 129 Å². The van der Waals surface area contributed by atoms with Gasteiger partial charge in [0.1, 0.15) is 5.75 Å². The number of benzene rings is 1. The molecule has 0 saturated carbocycles. The third-order valence-electron chi connectivity index (χ3n) is 7.20. The van der Waals surface area contributed by atoms with Crippen molar-refractivity contribution >= 4 is 12.0 Å². The number of rotatable bonds is 25. The molecule has 0 aliphatic carbocycles. The van der Waals surface area contributed by atoms with Crippen LogP contribution in [0.3, 0.4) is 0 Å². The molecule has 0 heterocycles. The predicted molar refractivity (Wildman–Crippen MR) is 165 cm³/mol. The van der Waals surface area contributed by atoms with Gasteiger partial charge in [0.05, 0.1) is 0 Å². The fourth-order valence-electron chi connectivity index (χ4n) is 4.77. The maximum Gasteiger partial charge on any atom is 0.412 e. The van der Waals surface area contributed by atoms with Crippen LogP contribution < -0.4 is 15.4 Å². The number of amides is 2. The largest absolute Gasteiger partial charge is 0.412 e. The monoisotopic (exact) mass is 545 g/mol. The summed E-state index contributed by atoms with van der Waals surface area (Å²) in [5.41, 5.74) is 0.874. The van der Waals surface area contributed by atoms with Crippen LogP contribution in [0.15, 0.2) is 24.3 Å². The van der Waals surface area contributed by atoms with E-state index in [-0.39, 0.29) is 5.91 Å². The van der Waals surface area contributed by atoms with Crippen LogP contribution in [-0.4, -0.2) is 50.6 Å². The number of aryl methyl sites for hydroxylation is 1. The minimum absolute atomic E-state index is 0.0545. The van der Waals surface area contributed by atoms with Crippen LogP contribution in [-0.2, 0) is 11.2 Å². The number of unbranched alkanes of at least 4 members (excludes halogenated alkanes) is 15. The molecule has 2 N–H and O–H groups in total. The number of hydrogen-bond donors (Lipinski definition) is 2. The third-order valence-corrected chi connectivity index (χ3v) is 7.20. The Bertz CT molecular complexity index is 739. The Morgan fingerprint density at radius 1 is 0.692 bits per heavy atom. The van der Waals surface area contributed by atoms with Crippen LogP contribution in [0.5, 0.6) is 5.75 Å². The second kappa shape index (κ2) is 24.9. The second-order valence-electron chi connectivity index (χ2n) is 11.2. The van der Waals surface area contributed by atoms with Crippen LogP contribution in [0.25, 0.3) is 0 Å². The Morgan fingerprint density at radius 3 is 1.77 bits per heavy atom. The van der Waals surface area contributed by atoms with Crippen LogP contribution in [0.4, 0.5) is 4.79 Å². The highest BCUT2D eigenvalue weighted by atomic mass is 16.6. The van der Waals surface area contributed by atoms with Gasteiger partial charge in [0.15, 0.2) is 0 Å². The molecule has 1 aromatic carbocycles. The van der Waals surface area contributed by atoms with Gasteiger partial charge in [-0.25, -0.2) is 4.79 Å². The summed E-state index contributed by atoms with van der Waals surface area (Å²) in [5.74, 6) is 0.576. The van der Waals surface area contributed by atoms with Crippen molar-refractivity contribution in [1.82, 2.24) is 15.5 Å². The maximum atomic E-state index is 12.3. The highest BCUT2D eigenvalue weighted by Crippen LogP contribution is 2.20. The Labute approximate surface area is 240 Å². The Kier molecular flexibility index (Phi) is 22.3. The van der Waals surface area contributed by atoms with E-state index in [4.69, 9.17) is 4.74 Å². The lowest BCUT2D eigenvalue weighted by Crippen LogP contribution is -2.30. The number of ether oxygens (including phenoxy) is 1. The van der Waals surface area contributed by atoms with Gasteiger partial charge < -0.3 is 20.3 Å². The zero-order valence-electron chi connectivity index (χ0n) is 25.5. The van der Waals surface area contributed by atoms with Gasteiger partial charge in [-0.05, 0) is 51.5 Å². The van der Waals surface area contributed by atoms with Crippen LogP contribution in [0, 0.1) is 0 Å². The van der Waals surface area contributed by atoms with Gasteiger partial charge in [-0.3, -0.25) is 4.79 Å². The van der Waals surface area contributed by atoms with Gasteiger partial charge >= 0.3 is 6.09 Å². The summed E-state index contributed by atoms with van der Waals surface area (Å²) in [6, 6.07) is 7.45. The van der Waals surface area contributed by atoms with E-state index in [2.05, 4.69) is 22.5 Å². The highest BCUT2D eigenvalue weighted by Gasteiger charge is 2.10. The molecule has 2 amide bonds. The number of para-hydroxylation sites is 1. The fourth-order valence-corrected chi connectivity index (χ4v) is 4.77. The molecular weight excluding hydrogens is 486 g/mol. The van der Waals surface area contributed by atoms with Crippen molar-refractivity contribution in [3.63, 3.8) is 0 Å². The first-order valence-electron chi connectivity index (χ1n) is 16.0. The minimum atomic E-state index is -0.450. The average Bonchev–Trinajstić information content (AvgIpc) is 2.92. The topological polar surface area (TPSA) is 70.7 Å². The molecule has 0 bridgehead atoms. The molecule has 224 valence electrons. The van der Waals surface area contributed by atoms with Gasteiger partial charge in [0.2, 0.25) is 5.91 Å². The van der Waals surface area contributed by atoms with Crippen molar-refractivity contribution in [1.29, 1.82) is 0 Å². The molecule has 1 rings (SSSR count). The van der Waals surface area contributed by atoms with Gasteiger partial charge in [-0.1, -0.05) is 121 Å². The molecular formula is C33H59N3O3. The first-order valence-corrected chi connectivity index (χ1v) is 16.0. The molecule has 1 aromatic rings. The summed E-state index contributed by atoms with van der Waals surface area (Å²) in [6.07, 6.45) is 23.0. The number of nitrogens with one attached hydrogen (secondary N) is 2. The molecule has 6 heteroatoms. The van der Waals surface area contributed by atoms with Crippen LogP contribution in [0.1, 0.15) is 128 Å². The molecule has 0 unspecified atom stereocenters. The predicted octanol–water partition coefficient (Wildman–Crippen LogP) is 8.04. The molecule has 0 atom stereocenters. The van der Waals surface area contributed by atoms with Crippen LogP contribution >= 0.6 is 0 Å². The summed E-state index contributed by atoms with van der Waals surface area (Å²) < 4.78 is 5.49. The lowest BCUT2D eigenvalue weighted by Gasteiger charge is -2.12. The molecule has 0 aliphatic heterocycles. The maximum absolute atomic E-state index is 12.3. The van der Waals surface area contributed by atoms with E-state index in [0.717, 1.165) is 31.5 Å². The minimum Gasteiger partial charge on any atom is -0.410 e. The van der Waals surface area contributed by atoms with E-state index in [1.807, 2.05) is 32.3 Å². The Morgan fingerprint density at radius 2 is 1.21 bits per heavy atom. The summed E-state index contributed by atoms with van der Waals surface area (Å²) in [4.78, 5) is 26.5. The number of carbonyl (C=O) groups is 2. The molecule has 39 heavy (non-hydrogen) atoms. The average molecular weight is 546 g/mol. The van der Waals surface area contributed by atoms with Crippen LogP contribution in [0.2, 0.25) is 0 Å². The first-order chi connectivity index (χ1) is 19.0. The molecule has 0 fully saturated rings. The fraction of sp³-hybridized carbons (Fsp3) is 0.758. The Hall–Kier alpha value is -2.08. The lowest BCUT2D eigenvalue weighted by atomic mass is 10.0. The third kappa shape index (κ3) is 21.4. The standard InChI is InChI=1S/C33H59N3O3/c1-4-5-6-7-8-9-10-11-12-13-14-15-16-17-18-21-27-34-32(37)26-25-30-23-19-20-24-31(30)39-33(38)35-28-22-29-36(2)3/h19-20,23-24H,4-18,21-22,25-29H2,1-3H3,(H,34,37)(H,35,38). The van der Waals surface area contributed by atoms with Crippen molar-refractivity contribution < 1.29 is 14.3 Å². The Balaban J connectivity index is 2.00. The van der Waals surface area contributed by atoms with Crippen molar-refractivity contribution in [2.24, 2.45) is 0 Å². The summed E-state index contributed by atoms with van der Waals surface area (Å²) in [5, 5.41) is 5.83. The summed E-state index contributed by atoms with van der Waals surface area (Å²) in [7, 11) is 4.01. The summed E-state index contributed by atoms with van der Waals surface area (Å²) in [6.45, 7) is 4.50. The van der Waals surface area contributed by atoms with E-state index in [1.165, 1.54) is 96.3 Å². The lowest BCUT2D eigenvalue weighted by molar-refractivity contribution is -0.121. The zero-order chi connectivity index (χ0) is 28.4.